The Morgan fingerprint density at radius 2 is 1.90 bits per heavy atom. The van der Waals surface area contributed by atoms with Crippen molar-refractivity contribution in [1.82, 2.24) is 0 Å². The summed E-state index contributed by atoms with van der Waals surface area (Å²) in [4.78, 5) is 23.9. The first-order chi connectivity index (χ1) is 15.0. The molecule has 2 saturated carbocycles. The number of carboxylic acid groups (broad SMARTS) is 1. The number of rotatable bonds is 5. The van der Waals surface area contributed by atoms with Crippen molar-refractivity contribution < 1.29 is 24.2 Å². The summed E-state index contributed by atoms with van der Waals surface area (Å²) in [5.74, 6) is 7.35. The average Bonchev–Trinajstić information content (AvgIpc) is 3.46. The molecule has 0 aliphatic heterocycles. The number of ether oxygens (including phenoxy) is 2. The molecule has 1 N–H and O–H groups in total. The molecular formula is C25H26O5S. The Morgan fingerprint density at radius 3 is 2.55 bits per heavy atom. The van der Waals surface area contributed by atoms with Crippen molar-refractivity contribution in [2.45, 2.75) is 62.9 Å². The molecule has 0 amide bonds. The Balaban J connectivity index is 1.69. The number of aromatic carboxylic acids is 1. The van der Waals surface area contributed by atoms with Crippen LogP contribution in [-0.2, 0) is 10.2 Å². The second-order valence-corrected chi connectivity index (χ2v) is 9.18. The molecule has 2 aliphatic rings. The van der Waals surface area contributed by atoms with Gasteiger partial charge >= 0.3 is 5.97 Å². The summed E-state index contributed by atoms with van der Waals surface area (Å²) in [5.41, 5.74) is 0.802. The highest BCUT2D eigenvalue weighted by Gasteiger charge is 2.36. The Labute approximate surface area is 186 Å². The summed E-state index contributed by atoms with van der Waals surface area (Å²) in [6.07, 6.45) is 6.95. The summed E-state index contributed by atoms with van der Waals surface area (Å²) >= 11 is 1.33. The number of carboxylic acids is 1. The molecule has 4 rings (SSSR count). The summed E-state index contributed by atoms with van der Waals surface area (Å²) in [5, 5.41) is 10.8. The van der Waals surface area contributed by atoms with E-state index in [0.29, 0.717) is 36.3 Å². The first-order valence-electron chi connectivity index (χ1n) is 10.7. The van der Waals surface area contributed by atoms with Gasteiger partial charge in [0.05, 0.1) is 29.1 Å². The van der Waals surface area contributed by atoms with E-state index in [1.807, 2.05) is 18.2 Å². The van der Waals surface area contributed by atoms with Crippen LogP contribution < -0.4 is 9.47 Å². The monoisotopic (exact) mass is 438 g/mol. The van der Waals surface area contributed by atoms with Gasteiger partial charge in [-0.1, -0.05) is 17.9 Å². The van der Waals surface area contributed by atoms with Gasteiger partial charge in [-0.25, -0.2) is 4.79 Å². The molecule has 0 spiro atoms. The summed E-state index contributed by atoms with van der Waals surface area (Å²) in [6, 6.07) is 7.57. The maximum Gasteiger partial charge on any atom is 0.336 e. The van der Waals surface area contributed by atoms with Crippen molar-refractivity contribution in [3.63, 3.8) is 0 Å². The largest absolute Gasteiger partial charge is 0.493 e. The highest BCUT2D eigenvalue weighted by Crippen LogP contribution is 2.42. The van der Waals surface area contributed by atoms with Gasteiger partial charge in [-0.05, 0) is 62.3 Å². The number of ketones is 1. The standard InChI is InChI=1S/C25H26O5S/c1-29-22-7-6-18(15-23(22)30-20-4-2-3-5-20)25(11-8-19(26)9-12-25)13-10-21-14-17(16-31-21)24(27)28/h6-7,14-16,20H,2-5,8-9,11-12H2,1H3,(H,27,28). The Morgan fingerprint density at radius 1 is 1.16 bits per heavy atom. The van der Waals surface area contributed by atoms with Crippen molar-refractivity contribution >= 4 is 23.1 Å². The van der Waals surface area contributed by atoms with Crippen LogP contribution in [0.2, 0.25) is 0 Å². The lowest BCUT2D eigenvalue weighted by atomic mass is 9.69. The predicted molar refractivity (Wildman–Crippen MR) is 119 cm³/mol. The minimum Gasteiger partial charge on any atom is -0.493 e. The fraction of sp³-hybridized carbons (Fsp3) is 0.440. The lowest BCUT2D eigenvalue weighted by molar-refractivity contribution is -0.120. The molecule has 0 atom stereocenters. The minimum absolute atomic E-state index is 0.208. The van der Waals surface area contributed by atoms with Crippen LogP contribution in [0, 0.1) is 11.8 Å². The van der Waals surface area contributed by atoms with Crippen LogP contribution in [0.3, 0.4) is 0 Å². The number of thiophene rings is 1. The van der Waals surface area contributed by atoms with Gasteiger partial charge in [0.15, 0.2) is 11.5 Å². The zero-order valence-electron chi connectivity index (χ0n) is 17.6. The van der Waals surface area contributed by atoms with Crippen LogP contribution in [0.4, 0.5) is 0 Å². The smallest absolute Gasteiger partial charge is 0.336 e. The van der Waals surface area contributed by atoms with Gasteiger partial charge in [-0.3, -0.25) is 4.79 Å². The number of carbonyl (C=O) groups excluding carboxylic acids is 1. The van der Waals surface area contributed by atoms with Gasteiger partial charge < -0.3 is 14.6 Å². The first kappa shape index (κ1) is 21.5. The van der Waals surface area contributed by atoms with Crippen molar-refractivity contribution in [2.75, 3.05) is 7.11 Å². The van der Waals surface area contributed by atoms with Crippen LogP contribution in [0.1, 0.15) is 72.2 Å². The Kier molecular flexibility index (Phi) is 6.33. The molecule has 1 heterocycles. The highest BCUT2D eigenvalue weighted by atomic mass is 32.1. The third-order valence-corrected chi connectivity index (χ3v) is 7.09. The number of carbonyl (C=O) groups is 2. The number of methoxy groups -OCH3 is 1. The lowest BCUT2D eigenvalue weighted by Crippen LogP contribution is -2.30. The van der Waals surface area contributed by atoms with E-state index in [9.17, 15) is 9.59 Å². The summed E-state index contributed by atoms with van der Waals surface area (Å²) in [6.45, 7) is 0. The topological polar surface area (TPSA) is 72.8 Å². The van der Waals surface area contributed by atoms with Crippen LogP contribution in [-0.4, -0.2) is 30.1 Å². The van der Waals surface area contributed by atoms with E-state index in [1.54, 1.807) is 18.6 Å². The van der Waals surface area contributed by atoms with Gasteiger partial charge in [0.2, 0.25) is 0 Å². The Hall–Kier alpha value is -2.78. The molecular weight excluding hydrogens is 412 g/mol. The molecule has 5 nitrogen and oxygen atoms in total. The van der Waals surface area contributed by atoms with Gasteiger partial charge in [-0.15, -0.1) is 11.3 Å². The molecule has 6 heteroatoms. The molecule has 0 bridgehead atoms. The third-order valence-electron chi connectivity index (χ3n) is 6.24. The van der Waals surface area contributed by atoms with E-state index in [0.717, 1.165) is 24.2 Å². The van der Waals surface area contributed by atoms with E-state index in [-0.39, 0.29) is 17.5 Å². The Bertz CT molecular complexity index is 1030. The molecule has 0 unspecified atom stereocenters. The van der Waals surface area contributed by atoms with Crippen LogP contribution in [0.15, 0.2) is 29.6 Å². The van der Waals surface area contributed by atoms with E-state index in [4.69, 9.17) is 14.6 Å². The number of benzene rings is 1. The van der Waals surface area contributed by atoms with Gasteiger partial charge in [0, 0.05) is 18.2 Å². The second-order valence-electron chi connectivity index (χ2n) is 8.27. The molecule has 31 heavy (non-hydrogen) atoms. The highest BCUT2D eigenvalue weighted by molar-refractivity contribution is 7.10. The van der Waals surface area contributed by atoms with Gasteiger partial charge in [-0.2, -0.15) is 0 Å². The number of Topliss-reactive ketones (excluding diaryl/α,β-unsaturated/α-hetero) is 1. The maximum absolute atomic E-state index is 12.0. The quantitative estimate of drug-likeness (QED) is 0.649. The first-order valence-corrected chi connectivity index (χ1v) is 11.6. The fourth-order valence-electron chi connectivity index (χ4n) is 4.39. The molecule has 0 radical (unpaired) electrons. The molecule has 1 aromatic heterocycles. The third kappa shape index (κ3) is 4.77. The van der Waals surface area contributed by atoms with E-state index in [1.165, 1.54) is 24.2 Å². The zero-order chi connectivity index (χ0) is 21.8. The number of hydrogen-bond acceptors (Lipinski definition) is 5. The van der Waals surface area contributed by atoms with Crippen LogP contribution in [0.25, 0.3) is 0 Å². The summed E-state index contributed by atoms with van der Waals surface area (Å²) < 4.78 is 11.8. The van der Waals surface area contributed by atoms with Gasteiger partial charge in [0.25, 0.3) is 0 Å². The molecule has 2 aliphatic carbocycles. The minimum atomic E-state index is -0.953. The zero-order valence-corrected chi connectivity index (χ0v) is 18.4. The molecule has 1 aromatic carbocycles. The molecule has 0 saturated heterocycles. The maximum atomic E-state index is 12.0. The van der Waals surface area contributed by atoms with Crippen LogP contribution in [0.5, 0.6) is 11.5 Å². The van der Waals surface area contributed by atoms with E-state index < -0.39 is 11.4 Å². The lowest BCUT2D eigenvalue weighted by Gasteiger charge is -2.33. The van der Waals surface area contributed by atoms with Crippen molar-refractivity contribution in [3.8, 4) is 23.3 Å². The SMILES string of the molecule is COc1ccc(C2(C#Cc3cc(C(=O)O)cs3)CCC(=O)CC2)cc1OC1CCCC1. The molecule has 2 fully saturated rings. The predicted octanol–water partition coefficient (Wildman–Crippen LogP) is 5.21. The van der Waals surface area contributed by atoms with Crippen molar-refractivity contribution in [1.29, 1.82) is 0 Å². The van der Waals surface area contributed by atoms with Crippen LogP contribution >= 0.6 is 11.3 Å². The van der Waals surface area contributed by atoms with Crippen molar-refractivity contribution in [2.24, 2.45) is 0 Å². The second kappa shape index (κ2) is 9.15. The van der Waals surface area contributed by atoms with Gasteiger partial charge in [0.1, 0.15) is 5.78 Å². The summed E-state index contributed by atoms with van der Waals surface area (Å²) in [7, 11) is 1.64. The molecule has 162 valence electrons. The van der Waals surface area contributed by atoms with E-state index >= 15 is 0 Å². The van der Waals surface area contributed by atoms with Crippen molar-refractivity contribution in [3.05, 3.63) is 45.6 Å². The fourth-order valence-corrected chi connectivity index (χ4v) is 5.12. The van der Waals surface area contributed by atoms with E-state index in [2.05, 4.69) is 11.8 Å². The molecule has 2 aromatic rings. The normalized spacial score (nSPS) is 18.3. The average molecular weight is 439 g/mol. The number of hydrogen-bond donors (Lipinski definition) is 1.